The molecular formula is C17H19NO3S. The molecule has 1 aromatic heterocycles. The Labute approximate surface area is 130 Å². The van der Waals surface area contributed by atoms with E-state index >= 15 is 0 Å². The molecule has 3 rings (SSSR count). The van der Waals surface area contributed by atoms with E-state index in [9.17, 15) is 13.5 Å². The highest BCUT2D eigenvalue weighted by Gasteiger charge is 2.33. The van der Waals surface area contributed by atoms with Gasteiger partial charge in [-0.25, -0.2) is 12.4 Å². The van der Waals surface area contributed by atoms with Crippen LogP contribution in [-0.2, 0) is 22.9 Å². The maximum atomic E-state index is 12.8. The normalized spacial score (nSPS) is 21.4. The second-order valence-corrected chi connectivity index (χ2v) is 7.70. The SMILES string of the molecule is C=CC1(O)CCc2ccn(S(=O)(=O)c3ccc(C)cc3)c2C1. The topological polar surface area (TPSA) is 59.3 Å². The fourth-order valence-corrected chi connectivity index (χ4v) is 4.26. The molecule has 1 atom stereocenters. The van der Waals surface area contributed by atoms with E-state index in [-0.39, 0.29) is 11.3 Å². The van der Waals surface area contributed by atoms with Crippen molar-refractivity contribution < 1.29 is 13.5 Å². The molecule has 2 aromatic rings. The van der Waals surface area contributed by atoms with Crippen molar-refractivity contribution in [2.24, 2.45) is 0 Å². The first-order valence-electron chi connectivity index (χ1n) is 7.23. The molecule has 22 heavy (non-hydrogen) atoms. The van der Waals surface area contributed by atoms with Crippen LogP contribution in [0.3, 0.4) is 0 Å². The number of hydrogen-bond donors (Lipinski definition) is 1. The van der Waals surface area contributed by atoms with E-state index in [0.717, 1.165) is 11.1 Å². The maximum Gasteiger partial charge on any atom is 0.267 e. The van der Waals surface area contributed by atoms with Gasteiger partial charge in [-0.2, -0.15) is 0 Å². The smallest absolute Gasteiger partial charge is 0.267 e. The second-order valence-electron chi connectivity index (χ2n) is 5.89. The van der Waals surface area contributed by atoms with Crippen LogP contribution in [0.15, 0.2) is 54.1 Å². The summed E-state index contributed by atoms with van der Waals surface area (Å²) >= 11 is 0. The number of fused-ring (bicyclic) bond motifs is 1. The lowest BCUT2D eigenvalue weighted by atomic mass is 9.84. The first-order valence-corrected chi connectivity index (χ1v) is 8.67. The Bertz CT molecular complexity index is 818. The van der Waals surface area contributed by atoms with E-state index in [2.05, 4.69) is 6.58 Å². The number of rotatable bonds is 3. The molecule has 1 unspecified atom stereocenters. The van der Waals surface area contributed by atoms with Crippen molar-refractivity contribution >= 4 is 10.0 Å². The van der Waals surface area contributed by atoms with Crippen molar-refractivity contribution in [3.8, 4) is 0 Å². The van der Waals surface area contributed by atoms with Crippen molar-refractivity contribution in [1.82, 2.24) is 3.97 Å². The van der Waals surface area contributed by atoms with Crippen LogP contribution in [0, 0.1) is 6.92 Å². The molecule has 1 N–H and O–H groups in total. The predicted octanol–water partition coefficient (Wildman–Crippen LogP) is 2.44. The highest BCUT2D eigenvalue weighted by molar-refractivity contribution is 7.90. The quantitative estimate of drug-likeness (QED) is 0.885. The lowest BCUT2D eigenvalue weighted by Crippen LogP contribution is -2.35. The van der Waals surface area contributed by atoms with E-state index < -0.39 is 15.6 Å². The molecular weight excluding hydrogens is 298 g/mol. The lowest BCUT2D eigenvalue weighted by molar-refractivity contribution is 0.0752. The number of aryl methyl sites for hydroxylation is 2. The van der Waals surface area contributed by atoms with Gasteiger partial charge in [0.05, 0.1) is 10.5 Å². The Morgan fingerprint density at radius 1 is 1.27 bits per heavy atom. The molecule has 0 fully saturated rings. The molecule has 0 amide bonds. The Balaban J connectivity index is 2.09. The lowest BCUT2D eigenvalue weighted by Gasteiger charge is -2.30. The van der Waals surface area contributed by atoms with Gasteiger partial charge in [-0.1, -0.05) is 23.8 Å². The summed E-state index contributed by atoms with van der Waals surface area (Å²) in [5.74, 6) is 0. The van der Waals surface area contributed by atoms with Crippen LogP contribution >= 0.6 is 0 Å². The van der Waals surface area contributed by atoms with Gasteiger partial charge in [0.15, 0.2) is 0 Å². The van der Waals surface area contributed by atoms with Gasteiger partial charge in [-0.3, -0.25) is 0 Å². The van der Waals surface area contributed by atoms with Gasteiger partial charge < -0.3 is 5.11 Å². The van der Waals surface area contributed by atoms with Crippen LogP contribution in [-0.4, -0.2) is 23.1 Å². The summed E-state index contributed by atoms with van der Waals surface area (Å²) in [6.45, 7) is 5.58. The van der Waals surface area contributed by atoms with E-state index in [4.69, 9.17) is 0 Å². The number of hydrogen-bond acceptors (Lipinski definition) is 3. The number of benzene rings is 1. The summed E-state index contributed by atoms with van der Waals surface area (Å²) < 4.78 is 27.0. The van der Waals surface area contributed by atoms with E-state index in [1.54, 1.807) is 30.5 Å². The van der Waals surface area contributed by atoms with E-state index in [1.165, 1.54) is 10.0 Å². The minimum atomic E-state index is -3.64. The average molecular weight is 317 g/mol. The first kappa shape index (κ1) is 15.1. The molecule has 0 aliphatic heterocycles. The summed E-state index contributed by atoms with van der Waals surface area (Å²) in [6, 6.07) is 8.61. The molecule has 1 aliphatic rings. The summed E-state index contributed by atoms with van der Waals surface area (Å²) in [6.07, 6.45) is 4.57. The van der Waals surface area contributed by atoms with Gasteiger partial charge in [-0.15, -0.1) is 6.58 Å². The number of aliphatic hydroxyl groups is 1. The molecule has 0 saturated heterocycles. The Morgan fingerprint density at radius 3 is 2.59 bits per heavy atom. The summed E-state index contributed by atoms with van der Waals surface area (Å²) in [7, 11) is -3.64. The largest absolute Gasteiger partial charge is 0.385 e. The Kier molecular flexibility index (Phi) is 3.50. The van der Waals surface area contributed by atoms with Crippen LogP contribution < -0.4 is 0 Å². The summed E-state index contributed by atoms with van der Waals surface area (Å²) in [5, 5.41) is 10.4. The maximum absolute atomic E-state index is 12.8. The zero-order valence-corrected chi connectivity index (χ0v) is 13.3. The van der Waals surface area contributed by atoms with Crippen molar-refractivity contribution in [2.45, 2.75) is 36.7 Å². The molecule has 0 bridgehead atoms. The third kappa shape index (κ3) is 2.40. The first-order chi connectivity index (χ1) is 10.4. The van der Waals surface area contributed by atoms with Crippen LogP contribution in [0.4, 0.5) is 0 Å². The van der Waals surface area contributed by atoms with Crippen LogP contribution in [0.1, 0.15) is 23.2 Å². The fraction of sp³-hybridized carbons (Fsp3) is 0.294. The van der Waals surface area contributed by atoms with Crippen molar-refractivity contribution in [3.05, 3.63) is 66.0 Å². The van der Waals surface area contributed by atoms with Gasteiger partial charge in [0.1, 0.15) is 0 Å². The zero-order chi connectivity index (χ0) is 16.0. The number of aromatic nitrogens is 1. The highest BCUT2D eigenvalue weighted by Crippen LogP contribution is 2.32. The van der Waals surface area contributed by atoms with Crippen LogP contribution in [0.2, 0.25) is 0 Å². The second kappa shape index (κ2) is 5.11. The predicted molar refractivity (Wildman–Crippen MR) is 85.4 cm³/mol. The zero-order valence-electron chi connectivity index (χ0n) is 12.5. The minimum absolute atomic E-state index is 0.254. The van der Waals surface area contributed by atoms with Crippen molar-refractivity contribution in [2.75, 3.05) is 0 Å². The molecule has 1 aliphatic carbocycles. The summed E-state index contributed by atoms with van der Waals surface area (Å²) in [5.41, 5.74) is 1.59. The third-order valence-corrected chi connectivity index (χ3v) is 6.03. The molecule has 5 heteroatoms. The molecule has 116 valence electrons. The third-order valence-electron chi connectivity index (χ3n) is 4.31. The van der Waals surface area contributed by atoms with Gasteiger partial charge in [-0.05, 0) is 43.5 Å². The van der Waals surface area contributed by atoms with Gasteiger partial charge in [0, 0.05) is 18.3 Å². The van der Waals surface area contributed by atoms with Gasteiger partial charge in [0.2, 0.25) is 0 Å². The van der Waals surface area contributed by atoms with Crippen LogP contribution in [0.5, 0.6) is 0 Å². The fourth-order valence-electron chi connectivity index (χ4n) is 2.86. The molecule has 4 nitrogen and oxygen atoms in total. The average Bonchev–Trinajstić information content (AvgIpc) is 2.91. The molecule has 0 saturated carbocycles. The molecule has 1 aromatic carbocycles. The van der Waals surface area contributed by atoms with Crippen LogP contribution in [0.25, 0.3) is 0 Å². The molecule has 0 radical (unpaired) electrons. The minimum Gasteiger partial charge on any atom is -0.385 e. The van der Waals surface area contributed by atoms with Crippen molar-refractivity contribution in [1.29, 1.82) is 0 Å². The highest BCUT2D eigenvalue weighted by atomic mass is 32.2. The van der Waals surface area contributed by atoms with Gasteiger partial charge >= 0.3 is 0 Å². The standard InChI is InChI=1S/C17H19NO3S/c1-3-17(19)10-8-14-9-11-18(16(14)12-17)22(20,21)15-6-4-13(2)5-7-15/h3-7,9,11,19H,1,8,10,12H2,2H3. The van der Waals surface area contributed by atoms with E-state index in [1.807, 2.05) is 13.0 Å². The molecule has 0 spiro atoms. The number of nitrogens with zero attached hydrogens (tertiary/aromatic N) is 1. The monoisotopic (exact) mass is 317 g/mol. The van der Waals surface area contributed by atoms with E-state index in [0.29, 0.717) is 18.5 Å². The molecule has 1 heterocycles. The Hall–Kier alpha value is -1.85. The van der Waals surface area contributed by atoms with Crippen molar-refractivity contribution in [3.63, 3.8) is 0 Å². The van der Waals surface area contributed by atoms with Gasteiger partial charge in [0.25, 0.3) is 10.0 Å². The Morgan fingerprint density at radius 2 is 1.95 bits per heavy atom. The summed E-state index contributed by atoms with van der Waals surface area (Å²) in [4.78, 5) is 0.254.